The van der Waals surface area contributed by atoms with Gasteiger partial charge < -0.3 is 15.4 Å². The van der Waals surface area contributed by atoms with E-state index in [0.717, 1.165) is 11.3 Å². The van der Waals surface area contributed by atoms with Crippen LogP contribution in [0.4, 0.5) is 9.80 Å². The summed E-state index contributed by atoms with van der Waals surface area (Å²) in [5.41, 5.74) is 0.0647. The van der Waals surface area contributed by atoms with Gasteiger partial charge in [-0.25, -0.2) is 9.59 Å². The summed E-state index contributed by atoms with van der Waals surface area (Å²) < 4.78 is 4.93. The number of anilines is 1. The van der Waals surface area contributed by atoms with Gasteiger partial charge in [0.15, 0.2) is 6.61 Å². The van der Waals surface area contributed by atoms with Crippen molar-refractivity contribution in [3.8, 4) is 0 Å². The summed E-state index contributed by atoms with van der Waals surface area (Å²) in [7, 11) is 0. The minimum absolute atomic E-state index is 0.124. The molecule has 1 rings (SSSR count). The third-order valence-corrected chi connectivity index (χ3v) is 4.16. The Morgan fingerprint density at radius 3 is 2.35 bits per heavy atom. The summed E-state index contributed by atoms with van der Waals surface area (Å²) in [6, 6.07) is 0.891. The van der Waals surface area contributed by atoms with Crippen LogP contribution in [0.25, 0.3) is 0 Å². The van der Waals surface area contributed by atoms with Crippen molar-refractivity contribution in [1.29, 1.82) is 0 Å². The molecule has 0 spiro atoms. The summed E-state index contributed by atoms with van der Waals surface area (Å²) in [6.07, 6.45) is 0. The number of urea groups is 1. The molecule has 9 heteroatoms. The first-order valence-corrected chi connectivity index (χ1v) is 8.91. The van der Waals surface area contributed by atoms with Crippen molar-refractivity contribution in [3.63, 3.8) is 0 Å². The second-order valence-electron chi connectivity index (χ2n) is 7.08. The van der Waals surface area contributed by atoms with E-state index in [9.17, 15) is 19.2 Å². The number of carbonyl (C=O) groups is 4. The molecule has 144 valence electrons. The number of ether oxygens (including phenoxy) is 1. The Kier molecular flexibility index (Phi) is 7.31. The molecule has 1 heterocycles. The number of hydrogen-bond acceptors (Lipinski definition) is 6. The van der Waals surface area contributed by atoms with Crippen LogP contribution < -0.4 is 16.0 Å². The molecule has 1 aromatic rings. The van der Waals surface area contributed by atoms with Gasteiger partial charge in [0.2, 0.25) is 5.91 Å². The number of thiophene rings is 1. The van der Waals surface area contributed by atoms with Gasteiger partial charge in [0, 0.05) is 11.5 Å². The summed E-state index contributed by atoms with van der Waals surface area (Å²) in [5.74, 6) is -1.59. The van der Waals surface area contributed by atoms with Gasteiger partial charge in [-0.1, -0.05) is 20.8 Å². The minimum atomic E-state index is -0.730. The first kappa shape index (κ1) is 21.6. The molecule has 0 saturated heterocycles. The number of amides is 4. The fraction of sp³-hybridized carbons (Fsp3) is 0.529. The molecule has 0 aromatic carbocycles. The molecule has 0 atom stereocenters. The van der Waals surface area contributed by atoms with Gasteiger partial charge in [-0.15, -0.1) is 11.3 Å². The molecule has 0 radical (unpaired) electrons. The van der Waals surface area contributed by atoms with Gasteiger partial charge in [-0.05, 0) is 32.4 Å². The minimum Gasteiger partial charge on any atom is -0.451 e. The van der Waals surface area contributed by atoms with E-state index < -0.39 is 29.9 Å². The number of esters is 1. The second kappa shape index (κ2) is 8.79. The summed E-state index contributed by atoms with van der Waals surface area (Å²) in [5, 5.41) is 7.82. The van der Waals surface area contributed by atoms with Crippen LogP contribution in [0.2, 0.25) is 0 Å². The van der Waals surface area contributed by atoms with E-state index in [1.54, 1.807) is 47.6 Å². The lowest BCUT2D eigenvalue weighted by Gasteiger charge is -2.16. The number of hydrogen-bond donors (Lipinski definition) is 3. The Labute approximate surface area is 156 Å². The van der Waals surface area contributed by atoms with Crippen LogP contribution >= 0.6 is 11.3 Å². The van der Waals surface area contributed by atoms with Crippen LogP contribution in [0.5, 0.6) is 0 Å². The third kappa shape index (κ3) is 6.83. The van der Waals surface area contributed by atoms with E-state index >= 15 is 0 Å². The number of rotatable bonds is 5. The van der Waals surface area contributed by atoms with Crippen LogP contribution in [0.3, 0.4) is 0 Å². The molecule has 0 saturated carbocycles. The Morgan fingerprint density at radius 1 is 1.19 bits per heavy atom. The molecular weight excluding hydrogens is 358 g/mol. The molecule has 3 N–H and O–H groups in total. The van der Waals surface area contributed by atoms with Gasteiger partial charge in [0.25, 0.3) is 5.91 Å². The fourth-order valence-corrected chi connectivity index (χ4v) is 2.66. The molecule has 0 fully saturated rings. The van der Waals surface area contributed by atoms with E-state index in [1.165, 1.54) is 0 Å². The van der Waals surface area contributed by atoms with Crippen LogP contribution in [-0.2, 0) is 14.3 Å². The third-order valence-electron chi connectivity index (χ3n) is 3.03. The smallest absolute Gasteiger partial charge is 0.349 e. The quantitative estimate of drug-likeness (QED) is 0.676. The predicted octanol–water partition coefficient (Wildman–Crippen LogP) is 2.43. The average molecular weight is 383 g/mol. The van der Waals surface area contributed by atoms with Crippen molar-refractivity contribution in [2.75, 3.05) is 11.9 Å². The Balaban J connectivity index is 2.61. The summed E-state index contributed by atoms with van der Waals surface area (Å²) in [4.78, 5) is 47.4. The van der Waals surface area contributed by atoms with Crippen LogP contribution in [0.1, 0.15) is 49.9 Å². The van der Waals surface area contributed by atoms with Gasteiger partial charge >= 0.3 is 12.0 Å². The SMILES string of the molecule is Cc1cc(NC(=O)C(C)(C)C)sc1C(=O)OCC(=O)NC(=O)NC(C)C. The number of aryl methyl sites for hydroxylation is 1. The molecule has 26 heavy (non-hydrogen) atoms. The maximum atomic E-state index is 12.1. The molecular formula is C17H25N3O5S. The first-order valence-electron chi connectivity index (χ1n) is 8.09. The van der Waals surface area contributed by atoms with E-state index in [-0.39, 0.29) is 16.8 Å². The number of imide groups is 1. The van der Waals surface area contributed by atoms with E-state index in [4.69, 9.17) is 4.74 Å². The highest BCUT2D eigenvalue weighted by atomic mass is 32.1. The van der Waals surface area contributed by atoms with Crippen molar-refractivity contribution in [1.82, 2.24) is 10.6 Å². The molecule has 8 nitrogen and oxygen atoms in total. The highest BCUT2D eigenvalue weighted by Gasteiger charge is 2.23. The van der Waals surface area contributed by atoms with Gasteiger partial charge in [-0.3, -0.25) is 14.9 Å². The zero-order valence-electron chi connectivity index (χ0n) is 15.8. The van der Waals surface area contributed by atoms with Crippen LogP contribution in [0, 0.1) is 12.3 Å². The maximum absolute atomic E-state index is 12.1. The highest BCUT2D eigenvalue weighted by molar-refractivity contribution is 7.18. The summed E-state index contributed by atoms with van der Waals surface area (Å²) in [6.45, 7) is 9.98. The van der Waals surface area contributed by atoms with Gasteiger partial charge in [0.05, 0.1) is 5.00 Å². The lowest BCUT2D eigenvalue weighted by atomic mass is 9.96. The average Bonchev–Trinajstić information content (AvgIpc) is 2.83. The van der Waals surface area contributed by atoms with Gasteiger partial charge in [-0.2, -0.15) is 0 Å². The van der Waals surface area contributed by atoms with Crippen molar-refractivity contribution in [2.24, 2.45) is 5.41 Å². The fourth-order valence-electron chi connectivity index (χ4n) is 1.70. The molecule has 0 aliphatic rings. The monoisotopic (exact) mass is 383 g/mol. The lowest BCUT2D eigenvalue weighted by molar-refractivity contribution is -0.123. The lowest BCUT2D eigenvalue weighted by Crippen LogP contribution is -2.44. The zero-order chi connectivity index (χ0) is 20.1. The van der Waals surface area contributed by atoms with E-state index in [1.807, 2.05) is 0 Å². The molecule has 0 unspecified atom stereocenters. The molecule has 1 aromatic heterocycles. The maximum Gasteiger partial charge on any atom is 0.349 e. The normalized spacial score (nSPS) is 11.0. The van der Waals surface area contributed by atoms with E-state index in [0.29, 0.717) is 10.6 Å². The molecule has 0 aliphatic carbocycles. The topological polar surface area (TPSA) is 114 Å². The predicted molar refractivity (Wildman–Crippen MR) is 99.2 cm³/mol. The zero-order valence-corrected chi connectivity index (χ0v) is 16.6. The highest BCUT2D eigenvalue weighted by Crippen LogP contribution is 2.28. The number of nitrogens with one attached hydrogen (secondary N) is 3. The molecule has 4 amide bonds. The Bertz CT molecular complexity index is 704. The van der Waals surface area contributed by atoms with Crippen LogP contribution in [-0.4, -0.2) is 36.5 Å². The van der Waals surface area contributed by atoms with Gasteiger partial charge in [0.1, 0.15) is 4.88 Å². The van der Waals surface area contributed by atoms with Crippen molar-refractivity contribution >= 4 is 40.2 Å². The van der Waals surface area contributed by atoms with E-state index in [2.05, 4.69) is 16.0 Å². The standard InChI is InChI=1S/C17H25N3O5S/c1-9(2)18-16(24)19-11(21)8-25-14(22)13-10(3)7-12(26-13)20-15(23)17(4,5)6/h7,9H,8H2,1-6H3,(H,20,23)(H2,18,19,21,24). The molecule has 0 bridgehead atoms. The van der Waals surface area contributed by atoms with Crippen LogP contribution in [0.15, 0.2) is 6.07 Å². The number of carbonyl (C=O) groups excluding carboxylic acids is 4. The Morgan fingerprint density at radius 2 is 1.81 bits per heavy atom. The van der Waals surface area contributed by atoms with Crippen molar-refractivity contribution < 1.29 is 23.9 Å². The first-order chi connectivity index (χ1) is 11.9. The van der Waals surface area contributed by atoms with Crippen molar-refractivity contribution in [2.45, 2.75) is 47.6 Å². The largest absolute Gasteiger partial charge is 0.451 e. The second-order valence-corrected chi connectivity index (χ2v) is 8.13. The summed E-state index contributed by atoms with van der Waals surface area (Å²) >= 11 is 1.07. The molecule has 0 aliphatic heterocycles. The van der Waals surface area contributed by atoms with Crippen molar-refractivity contribution in [3.05, 3.63) is 16.5 Å². The Hall–Kier alpha value is -2.42.